The molecular weight excluding hydrogens is 275 g/mol. The van der Waals surface area contributed by atoms with Crippen LogP contribution in [0.5, 0.6) is 0 Å². The molecule has 102 valence electrons. The normalized spacial score (nSPS) is 14.2. The van der Waals surface area contributed by atoms with E-state index in [-0.39, 0.29) is 30.7 Å². The van der Waals surface area contributed by atoms with E-state index >= 15 is 0 Å². The molecule has 0 aliphatic carbocycles. The van der Waals surface area contributed by atoms with Crippen molar-refractivity contribution in [1.82, 2.24) is 15.6 Å². The van der Waals surface area contributed by atoms with Gasteiger partial charge in [-0.1, -0.05) is 0 Å². The van der Waals surface area contributed by atoms with Gasteiger partial charge in [-0.3, -0.25) is 4.79 Å². The highest BCUT2D eigenvalue weighted by Crippen LogP contribution is 2.13. The van der Waals surface area contributed by atoms with E-state index in [1.54, 1.807) is 19.3 Å². The second-order valence-corrected chi connectivity index (χ2v) is 3.72. The number of anilines is 1. The summed E-state index contributed by atoms with van der Waals surface area (Å²) in [4.78, 5) is 17.7. The Morgan fingerprint density at radius 3 is 2.50 bits per heavy atom. The van der Waals surface area contributed by atoms with Crippen molar-refractivity contribution in [2.75, 3.05) is 38.1 Å². The minimum atomic E-state index is -0.146. The molecule has 1 fully saturated rings. The Morgan fingerprint density at radius 2 is 2.00 bits per heavy atom. The lowest BCUT2D eigenvalue weighted by atomic mass is 10.2. The summed E-state index contributed by atoms with van der Waals surface area (Å²) in [5, 5.41) is 5.85. The summed E-state index contributed by atoms with van der Waals surface area (Å²) in [5.41, 5.74) is 1.54. The van der Waals surface area contributed by atoms with Crippen LogP contribution in [0.3, 0.4) is 0 Å². The lowest BCUT2D eigenvalue weighted by Crippen LogP contribution is -2.43. The maximum atomic E-state index is 11.3. The number of pyridine rings is 1. The molecule has 0 bridgehead atoms. The number of nitrogens with zero attached hydrogens (tertiary/aromatic N) is 2. The van der Waals surface area contributed by atoms with E-state index in [4.69, 9.17) is 0 Å². The smallest absolute Gasteiger partial charge is 0.269 e. The maximum absolute atomic E-state index is 11.3. The van der Waals surface area contributed by atoms with Crippen LogP contribution in [-0.4, -0.2) is 44.1 Å². The summed E-state index contributed by atoms with van der Waals surface area (Å²) in [6.45, 7) is 3.97. The van der Waals surface area contributed by atoms with Gasteiger partial charge in [0.25, 0.3) is 5.91 Å². The highest BCUT2D eigenvalue weighted by Gasteiger charge is 2.11. The van der Waals surface area contributed by atoms with Crippen LogP contribution < -0.4 is 15.5 Å². The molecule has 2 heterocycles. The second-order valence-electron chi connectivity index (χ2n) is 3.72. The topological polar surface area (TPSA) is 57.3 Å². The molecule has 2 N–H and O–H groups in total. The molecule has 2 rings (SSSR count). The monoisotopic (exact) mass is 292 g/mol. The molecule has 0 unspecified atom stereocenters. The highest BCUT2D eigenvalue weighted by atomic mass is 35.5. The molecule has 0 aromatic carbocycles. The zero-order chi connectivity index (χ0) is 11.4. The first kappa shape index (κ1) is 17.0. The number of aromatic nitrogens is 1. The fourth-order valence-corrected chi connectivity index (χ4v) is 1.76. The van der Waals surface area contributed by atoms with E-state index < -0.39 is 0 Å². The van der Waals surface area contributed by atoms with Crippen LogP contribution in [-0.2, 0) is 0 Å². The van der Waals surface area contributed by atoms with Crippen molar-refractivity contribution in [3.8, 4) is 0 Å². The Kier molecular flexibility index (Phi) is 7.66. The van der Waals surface area contributed by atoms with Gasteiger partial charge in [-0.05, 0) is 12.1 Å². The number of halogens is 2. The molecule has 0 atom stereocenters. The Morgan fingerprint density at radius 1 is 1.33 bits per heavy atom. The predicted molar refractivity (Wildman–Crippen MR) is 77.2 cm³/mol. The number of nitrogens with one attached hydrogen (secondary N) is 2. The molecule has 1 aliphatic heterocycles. The van der Waals surface area contributed by atoms with Crippen LogP contribution in [0.15, 0.2) is 18.3 Å². The van der Waals surface area contributed by atoms with Crippen molar-refractivity contribution in [2.45, 2.75) is 0 Å². The van der Waals surface area contributed by atoms with Gasteiger partial charge in [-0.15, -0.1) is 24.8 Å². The Bertz CT molecular complexity index is 366. The molecule has 7 heteroatoms. The van der Waals surface area contributed by atoms with E-state index in [1.807, 2.05) is 6.07 Å². The summed E-state index contributed by atoms with van der Waals surface area (Å²) < 4.78 is 0. The van der Waals surface area contributed by atoms with Crippen LogP contribution in [0, 0.1) is 0 Å². The fraction of sp³-hybridized carbons (Fsp3) is 0.455. The van der Waals surface area contributed by atoms with Gasteiger partial charge in [0.05, 0.1) is 11.9 Å². The lowest BCUT2D eigenvalue weighted by molar-refractivity contribution is 0.0958. The molecular formula is C11H18Cl2N4O. The molecule has 1 amide bonds. The van der Waals surface area contributed by atoms with Crippen molar-refractivity contribution in [3.63, 3.8) is 0 Å². The third kappa shape index (κ3) is 4.01. The van der Waals surface area contributed by atoms with E-state index in [9.17, 15) is 4.79 Å². The van der Waals surface area contributed by atoms with Crippen LogP contribution in [0.1, 0.15) is 10.5 Å². The lowest BCUT2D eigenvalue weighted by Gasteiger charge is -2.29. The molecule has 1 saturated heterocycles. The maximum Gasteiger partial charge on any atom is 0.269 e. The Balaban J connectivity index is 0.00000144. The number of carbonyl (C=O) groups is 1. The first-order valence-electron chi connectivity index (χ1n) is 5.45. The zero-order valence-corrected chi connectivity index (χ0v) is 11.8. The first-order valence-corrected chi connectivity index (χ1v) is 5.45. The summed E-state index contributed by atoms with van der Waals surface area (Å²) >= 11 is 0. The molecule has 1 aliphatic rings. The van der Waals surface area contributed by atoms with Crippen molar-refractivity contribution in [3.05, 3.63) is 24.0 Å². The SMILES string of the molecule is CNC(=O)c1ccc(N2CCNCC2)cn1.Cl.Cl. The standard InChI is InChI=1S/C11H16N4O.2ClH/c1-12-11(16)10-3-2-9(8-14-10)15-6-4-13-5-7-15;;/h2-3,8,13H,4-7H2,1H3,(H,12,16);2*1H. The van der Waals surface area contributed by atoms with Crippen molar-refractivity contribution >= 4 is 36.4 Å². The Hall–Kier alpha value is -1.04. The fourth-order valence-electron chi connectivity index (χ4n) is 1.76. The molecule has 1 aromatic rings. The quantitative estimate of drug-likeness (QED) is 0.842. The van der Waals surface area contributed by atoms with Gasteiger partial charge in [0.1, 0.15) is 5.69 Å². The van der Waals surface area contributed by atoms with Gasteiger partial charge in [0.2, 0.25) is 0 Å². The number of hydrogen-bond donors (Lipinski definition) is 2. The summed E-state index contributed by atoms with van der Waals surface area (Å²) in [6, 6.07) is 3.71. The van der Waals surface area contributed by atoms with Gasteiger partial charge in [-0.25, -0.2) is 4.98 Å². The molecule has 0 saturated carbocycles. The van der Waals surface area contributed by atoms with Gasteiger partial charge >= 0.3 is 0 Å². The van der Waals surface area contributed by atoms with E-state index in [1.165, 1.54) is 0 Å². The minimum Gasteiger partial charge on any atom is -0.368 e. The van der Waals surface area contributed by atoms with Gasteiger partial charge in [0.15, 0.2) is 0 Å². The molecule has 5 nitrogen and oxygen atoms in total. The largest absolute Gasteiger partial charge is 0.368 e. The number of amides is 1. The van der Waals surface area contributed by atoms with E-state index in [0.29, 0.717) is 5.69 Å². The molecule has 1 aromatic heterocycles. The summed E-state index contributed by atoms with van der Waals surface area (Å²) in [5.74, 6) is -0.146. The van der Waals surface area contributed by atoms with Crippen LogP contribution in [0.4, 0.5) is 5.69 Å². The third-order valence-corrected chi connectivity index (χ3v) is 2.69. The predicted octanol–water partition coefficient (Wildman–Crippen LogP) is 0.694. The highest BCUT2D eigenvalue weighted by molar-refractivity contribution is 5.92. The average Bonchev–Trinajstić information content (AvgIpc) is 2.39. The van der Waals surface area contributed by atoms with E-state index in [0.717, 1.165) is 31.9 Å². The zero-order valence-electron chi connectivity index (χ0n) is 10.2. The van der Waals surface area contributed by atoms with Crippen molar-refractivity contribution in [2.24, 2.45) is 0 Å². The molecule has 0 spiro atoms. The molecule has 0 radical (unpaired) electrons. The first-order chi connectivity index (χ1) is 7.81. The van der Waals surface area contributed by atoms with Crippen LogP contribution >= 0.6 is 24.8 Å². The van der Waals surface area contributed by atoms with Gasteiger partial charge < -0.3 is 15.5 Å². The number of rotatable bonds is 2. The van der Waals surface area contributed by atoms with Crippen molar-refractivity contribution < 1.29 is 4.79 Å². The van der Waals surface area contributed by atoms with Gasteiger partial charge in [0, 0.05) is 33.2 Å². The van der Waals surface area contributed by atoms with Crippen LogP contribution in [0.2, 0.25) is 0 Å². The third-order valence-electron chi connectivity index (χ3n) is 2.69. The van der Waals surface area contributed by atoms with E-state index in [2.05, 4.69) is 20.5 Å². The molecule has 18 heavy (non-hydrogen) atoms. The second kappa shape index (κ2) is 8.13. The number of carbonyl (C=O) groups excluding carboxylic acids is 1. The average molecular weight is 293 g/mol. The van der Waals surface area contributed by atoms with Crippen molar-refractivity contribution in [1.29, 1.82) is 0 Å². The van der Waals surface area contributed by atoms with Gasteiger partial charge in [-0.2, -0.15) is 0 Å². The summed E-state index contributed by atoms with van der Waals surface area (Å²) in [6.07, 6.45) is 1.76. The van der Waals surface area contributed by atoms with Crippen LogP contribution in [0.25, 0.3) is 0 Å². The number of hydrogen-bond acceptors (Lipinski definition) is 4. The number of piperazine rings is 1. The minimum absolute atomic E-state index is 0. The Labute approximate surface area is 119 Å². The summed E-state index contributed by atoms with van der Waals surface area (Å²) in [7, 11) is 1.61.